The lowest BCUT2D eigenvalue weighted by Gasteiger charge is -2.23. The number of halogens is 3. The molecule has 0 aliphatic heterocycles. The molecule has 14 heavy (non-hydrogen) atoms. The SMILES string of the molecule is CC(C)CCC[C@H](C(C)C)C(F)(F)F. The Bertz CT molecular complexity index is 147. The maximum Gasteiger partial charge on any atom is 0.392 e. The third kappa shape index (κ3) is 5.51. The van der Waals surface area contributed by atoms with Gasteiger partial charge in [0.05, 0.1) is 5.92 Å². The molecule has 3 heteroatoms. The molecular weight excluding hydrogens is 189 g/mol. The van der Waals surface area contributed by atoms with Gasteiger partial charge in [-0.25, -0.2) is 0 Å². The summed E-state index contributed by atoms with van der Waals surface area (Å²) in [5.41, 5.74) is 0. The van der Waals surface area contributed by atoms with Crippen molar-refractivity contribution in [2.24, 2.45) is 17.8 Å². The molecule has 0 N–H and O–H groups in total. The van der Waals surface area contributed by atoms with E-state index in [2.05, 4.69) is 0 Å². The summed E-state index contributed by atoms with van der Waals surface area (Å²) in [7, 11) is 0. The summed E-state index contributed by atoms with van der Waals surface area (Å²) in [5.74, 6) is -0.931. The topological polar surface area (TPSA) is 0 Å². The highest BCUT2D eigenvalue weighted by molar-refractivity contribution is 4.71. The standard InChI is InChI=1S/C11H21F3/c1-8(2)6-5-7-10(9(3)4)11(12,13)14/h8-10H,5-7H2,1-4H3/t10-/m1/s1. The molecule has 0 amide bonds. The normalized spacial score (nSPS) is 15.2. The molecule has 0 heterocycles. The minimum absolute atomic E-state index is 0.277. The molecule has 0 fully saturated rings. The average molecular weight is 210 g/mol. The molecule has 1 atom stereocenters. The molecule has 0 aliphatic carbocycles. The molecule has 0 nitrogen and oxygen atoms in total. The zero-order chi connectivity index (χ0) is 11.4. The molecule has 0 aromatic heterocycles. The molecule has 0 rings (SSSR count). The summed E-state index contributed by atoms with van der Waals surface area (Å²) in [6.07, 6.45) is -2.18. The molecule has 0 unspecified atom stereocenters. The highest BCUT2D eigenvalue weighted by atomic mass is 19.4. The number of rotatable bonds is 5. The van der Waals surface area contributed by atoms with Crippen LogP contribution in [-0.4, -0.2) is 6.18 Å². The van der Waals surface area contributed by atoms with Crippen LogP contribution in [0, 0.1) is 17.8 Å². The van der Waals surface area contributed by atoms with E-state index in [1.54, 1.807) is 13.8 Å². The smallest absolute Gasteiger partial charge is 0.171 e. The van der Waals surface area contributed by atoms with Gasteiger partial charge in [-0.2, -0.15) is 13.2 Å². The molecule has 86 valence electrons. The summed E-state index contributed by atoms with van der Waals surface area (Å²) in [5, 5.41) is 0. The maximum atomic E-state index is 12.5. The van der Waals surface area contributed by atoms with Crippen LogP contribution in [0.4, 0.5) is 13.2 Å². The lowest BCUT2D eigenvalue weighted by Crippen LogP contribution is -2.27. The van der Waals surface area contributed by atoms with Crippen molar-refractivity contribution in [2.75, 3.05) is 0 Å². The van der Waals surface area contributed by atoms with Crippen LogP contribution in [-0.2, 0) is 0 Å². The van der Waals surface area contributed by atoms with Gasteiger partial charge in [0.2, 0.25) is 0 Å². The second-order valence-electron chi connectivity index (χ2n) is 4.72. The van der Waals surface area contributed by atoms with Crippen molar-refractivity contribution in [3.8, 4) is 0 Å². The van der Waals surface area contributed by atoms with Crippen molar-refractivity contribution in [3.05, 3.63) is 0 Å². The molecule has 0 radical (unpaired) electrons. The van der Waals surface area contributed by atoms with Gasteiger partial charge in [0, 0.05) is 0 Å². The summed E-state index contributed by atoms with van der Waals surface area (Å²) in [6, 6.07) is 0. The minimum atomic E-state index is -4.02. The molecule has 0 aromatic rings. The third-order valence-electron chi connectivity index (χ3n) is 2.52. The first-order valence-corrected chi connectivity index (χ1v) is 5.31. The minimum Gasteiger partial charge on any atom is -0.171 e. The highest BCUT2D eigenvalue weighted by Crippen LogP contribution is 2.35. The van der Waals surface area contributed by atoms with Gasteiger partial charge in [-0.1, -0.05) is 40.5 Å². The maximum absolute atomic E-state index is 12.5. The molecule has 0 saturated carbocycles. The molecular formula is C11H21F3. The Hall–Kier alpha value is -0.210. The van der Waals surface area contributed by atoms with E-state index in [9.17, 15) is 13.2 Å². The predicted octanol–water partition coefficient (Wildman–Crippen LogP) is 4.65. The fraction of sp³-hybridized carbons (Fsp3) is 1.00. The second kappa shape index (κ2) is 5.62. The first kappa shape index (κ1) is 13.8. The second-order valence-corrected chi connectivity index (χ2v) is 4.72. The Morgan fingerprint density at radius 1 is 0.929 bits per heavy atom. The average Bonchev–Trinajstić information content (AvgIpc) is 1.94. The summed E-state index contributed by atoms with van der Waals surface area (Å²) in [6.45, 7) is 7.37. The fourth-order valence-corrected chi connectivity index (χ4v) is 1.62. The van der Waals surface area contributed by atoms with Gasteiger partial charge in [-0.05, 0) is 18.3 Å². The van der Waals surface area contributed by atoms with Crippen LogP contribution in [0.15, 0.2) is 0 Å². The first-order valence-electron chi connectivity index (χ1n) is 5.31. The Balaban J connectivity index is 4.00. The fourth-order valence-electron chi connectivity index (χ4n) is 1.62. The molecule has 0 aliphatic rings. The quantitative estimate of drug-likeness (QED) is 0.619. The van der Waals surface area contributed by atoms with Crippen molar-refractivity contribution in [2.45, 2.75) is 53.1 Å². The van der Waals surface area contributed by atoms with E-state index in [0.29, 0.717) is 12.3 Å². The van der Waals surface area contributed by atoms with Gasteiger partial charge in [0.25, 0.3) is 0 Å². The van der Waals surface area contributed by atoms with Gasteiger partial charge in [-0.3, -0.25) is 0 Å². The number of hydrogen-bond acceptors (Lipinski definition) is 0. The molecule has 0 aromatic carbocycles. The van der Waals surface area contributed by atoms with Crippen molar-refractivity contribution in [1.29, 1.82) is 0 Å². The van der Waals surface area contributed by atoms with Crippen molar-refractivity contribution >= 4 is 0 Å². The van der Waals surface area contributed by atoms with Crippen molar-refractivity contribution < 1.29 is 13.2 Å². The lowest BCUT2D eigenvalue weighted by atomic mass is 9.89. The zero-order valence-electron chi connectivity index (χ0n) is 9.49. The Kier molecular flexibility index (Phi) is 5.53. The van der Waals surface area contributed by atoms with E-state index in [4.69, 9.17) is 0 Å². The predicted molar refractivity (Wildman–Crippen MR) is 53.1 cm³/mol. The highest BCUT2D eigenvalue weighted by Gasteiger charge is 2.40. The van der Waals surface area contributed by atoms with E-state index in [-0.39, 0.29) is 12.3 Å². The Morgan fingerprint density at radius 3 is 1.71 bits per heavy atom. The van der Waals surface area contributed by atoms with Gasteiger partial charge in [-0.15, -0.1) is 0 Å². The van der Waals surface area contributed by atoms with Crippen LogP contribution in [0.1, 0.15) is 47.0 Å². The van der Waals surface area contributed by atoms with Crippen LogP contribution >= 0.6 is 0 Å². The molecule has 0 bridgehead atoms. The van der Waals surface area contributed by atoms with Gasteiger partial charge < -0.3 is 0 Å². The Morgan fingerprint density at radius 2 is 1.43 bits per heavy atom. The van der Waals surface area contributed by atoms with E-state index in [0.717, 1.165) is 6.42 Å². The molecule has 0 spiro atoms. The largest absolute Gasteiger partial charge is 0.392 e. The van der Waals surface area contributed by atoms with E-state index in [1.165, 1.54) is 0 Å². The van der Waals surface area contributed by atoms with Crippen molar-refractivity contribution in [3.63, 3.8) is 0 Å². The van der Waals surface area contributed by atoms with E-state index >= 15 is 0 Å². The van der Waals surface area contributed by atoms with Crippen LogP contribution in [0.2, 0.25) is 0 Å². The van der Waals surface area contributed by atoms with Crippen LogP contribution in [0.3, 0.4) is 0 Å². The number of alkyl halides is 3. The van der Waals surface area contributed by atoms with Crippen LogP contribution < -0.4 is 0 Å². The van der Waals surface area contributed by atoms with Crippen LogP contribution in [0.5, 0.6) is 0 Å². The summed E-state index contributed by atoms with van der Waals surface area (Å²) >= 11 is 0. The monoisotopic (exact) mass is 210 g/mol. The summed E-state index contributed by atoms with van der Waals surface area (Å²) in [4.78, 5) is 0. The molecule has 0 saturated heterocycles. The lowest BCUT2D eigenvalue weighted by molar-refractivity contribution is -0.188. The van der Waals surface area contributed by atoms with Crippen molar-refractivity contribution in [1.82, 2.24) is 0 Å². The van der Waals surface area contributed by atoms with Gasteiger partial charge in [0.15, 0.2) is 0 Å². The number of hydrogen-bond donors (Lipinski definition) is 0. The zero-order valence-corrected chi connectivity index (χ0v) is 9.49. The first-order chi connectivity index (χ1) is 6.25. The Labute approximate surface area is 84.9 Å². The third-order valence-corrected chi connectivity index (χ3v) is 2.52. The van der Waals surface area contributed by atoms with Gasteiger partial charge >= 0.3 is 6.18 Å². The van der Waals surface area contributed by atoms with E-state index in [1.807, 2.05) is 13.8 Å². The van der Waals surface area contributed by atoms with Crippen LogP contribution in [0.25, 0.3) is 0 Å². The summed E-state index contributed by atoms with van der Waals surface area (Å²) < 4.78 is 37.5. The van der Waals surface area contributed by atoms with E-state index < -0.39 is 12.1 Å². The van der Waals surface area contributed by atoms with Gasteiger partial charge in [0.1, 0.15) is 0 Å².